The number of aromatic nitrogens is 1. The van der Waals surface area contributed by atoms with Crippen molar-refractivity contribution in [2.75, 3.05) is 0 Å². The van der Waals surface area contributed by atoms with E-state index in [0.29, 0.717) is 6.61 Å². The smallest absolute Gasteiger partial charge is 0.138 e. The summed E-state index contributed by atoms with van der Waals surface area (Å²) >= 11 is 0. The minimum absolute atomic E-state index is 0.503. The quantitative estimate of drug-likeness (QED) is 0.728. The van der Waals surface area contributed by atoms with E-state index in [0.717, 1.165) is 11.3 Å². The van der Waals surface area contributed by atoms with Crippen molar-refractivity contribution >= 4 is 0 Å². The molecule has 2 aromatic rings. The van der Waals surface area contributed by atoms with E-state index in [9.17, 15) is 0 Å². The van der Waals surface area contributed by atoms with E-state index in [4.69, 9.17) is 4.74 Å². The number of rotatable bonds is 3. The van der Waals surface area contributed by atoms with Crippen molar-refractivity contribution < 1.29 is 4.74 Å². The summed E-state index contributed by atoms with van der Waals surface area (Å²) < 4.78 is 5.48. The van der Waals surface area contributed by atoms with Crippen LogP contribution in [0.15, 0.2) is 42.7 Å². The largest absolute Gasteiger partial charge is 0.487 e. The van der Waals surface area contributed by atoms with Gasteiger partial charge in [0.05, 0.1) is 6.20 Å². The van der Waals surface area contributed by atoms with Crippen molar-refractivity contribution in [1.82, 2.24) is 4.98 Å². The van der Waals surface area contributed by atoms with Gasteiger partial charge in [-0.25, -0.2) is 0 Å². The van der Waals surface area contributed by atoms with Gasteiger partial charge < -0.3 is 4.74 Å². The topological polar surface area (TPSA) is 22.1 Å². The van der Waals surface area contributed by atoms with Gasteiger partial charge in [-0.15, -0.1) is 0 Å². The van der Waals surface area contributed by atoms with Crippen molar-refractivity contribution in [3.63, 3.8) is 0 Å². The Morgan fingerprint density at radius 2 is 2.29 bits per heavy atom. The van der Waals surface area contributed by atoms with Crippen LogP contribution in [0.4, 0.5) is 0 Å². The second-order valence-corrected chi connectivity index (χ2v) is 2.80. The van der Waals surface area contributed by atoms with Crippen LogP contribution in [0.5, 0.6) is 5.75 Å². The zero-order valence-corrected chi connectivity index (χ0v) is 7.60. The summed E-state index contributed by atoms with van der Waals surface area (Å²) in [6.07, 6.45) is 3.40. The number of hydrogen-bond acceptors (Lipinski definition) is 2. The van der Waals surface area contributed by atoms with Crippen molar-refractivity contribution in [3.05, 3.63) is 60.4 Å². The van der Waals surface area contributed by atoms with Crippen molar-refractivity contribution in [2.45, 2.75) is 6.61 Å². The lowest BCUT2D eigenvalue weighted by atomic mass is 10.3. The molecule has 0 atom stereocenters. The van der Waals surface area contributed by atoms with Crippen molar-refractivity contribution in [1.29, 1.82) is 0 Å². The van der Waals surface area contributed by atoms with Crippen molar-refractivity contribution in [2.24, 2.45) is 0 Å². The lowest BCUT2D eigenvalue weighted by Gasteiger charge is -2.02. The molecule has 0 aliphatic heterocycles. The van der Waals surface area contributed by atoms with E-state index in [2.05, 4.69) is 17.1 Å². The summed E-state index contributed by atoms with van der Waals surface area (Å²) in [5.41, 5.74) is 0.983. The number of nitrogens with zero attached hydrogens (tertiary/aromatic N) is 1. The summed E-state index contributed by atoms with van der Waals surface area (Å²) in [5.74, 6) is 0.768. The van der Waals surface area contributed by atoms with Crippen LogP contribution >= 0.6 is 0 Å². The minimum Gasteiger partial charge on any atom is -0.487 e. The van der Waals surface area contributed by atoms with Gasteiger partial charge in [-0.1, -0.05) is 18.2 Å². The SMILES string of the molecule is c1cccc(COc2cccnc2)c#1. The van der Waals surface area contributed by atoms with Gasteiger partial charge in [-0.3, -0.25) is 4.98 Å². The molecule has 0 saturated heterocycles. The van der Waals surface area contributed by atoms with E-state index in [1.807, 2.05) is 30.3 Å². The van der Waals surface area contributed by atoms with Gasteiger partial charge in [0, 0.05) is 11.8 Å². The second kappa shape index (κ2) is 4.29. The van der Waals surface area contributed by atoms with Gasteiger partial charge in [0.1, 0.15) is 12.4 Å². The van der Waals surface area contributed by atoms with E-state index >= 15 is 0 Å². The highest BCUT2D eigenvalue weighted by atomic mass is 16.5. The Morgan fingerprint density at radius 1 is 1.29 bits per heavy atom. The van der Waals surface area contributed by atoms with Crippen LogP contribution in [0.3, 0.4) is 0 Å². The maximum atomic E-state index is 5.48. The molecule has 0 fully saturated rings. The summed E-state index contributed by atoms with van der Waals surface area (Å²) in [5, 5.41) is 0. The van der Waals surface area contributed by atoms with E-state index in [1.165, 1.54) is 0 Å². The van der Waals surface area contributed by atoms with E-state index < -0.39 is 0 Å². The second-order valence-electron chi connectivity index (χ2n) is 2.80. The first-order valence-corrected chi connectivity index (χ1v) is 4.35. The molecule has 2 rings (SSSR count). The molecule has 0 saturated carbocycles. The fraction of sp³-hybridized carbons (Fsp3) is 0.0833. The molecule has 0 unspecified atom stereocenters. The fourth-order valence-corrected chi connectivity index (χ4v) is 1.07. The van der Waals surface area contributed by atoms with Gasteiger partial charge in [-0.2, -0.15) is 0 Å². The molecule has 0 bridgehead atoms. The average Bonchev–Trinajstić information content (AvgIpc) is 2.29. The van der Waals surface area contributed by atoms with Crippen LogP contribution in [0, 0.1) is 12.1 Å². The summed E-state index contributed by atoms with van der Waals surface area (Å²) in [6.45, 7) is 0.503. The van der Waals surface area contributed by atoms with E-state index in [-0.39, 0.29) is 0 Å². The van der Waals surface area contributed by atoms with E-state index in [1.54, 1.807) is 12.4 Å². The summed E-state index contributed by atoms with van der Waals surface area (Å²) in [6, 6.07) is 15.2. The highest BCUT2D eigenvalue weighted by Gasteiger charge is 1.93. The third-order valence-electron chi connectivity index (χ3n) is 1.74. The van der Waals surface area contributed by atoms with Crippen LogP contribution in [-0.4, -0.2) is 4.98 Å². The van der Waals surface area contributed by atoms with Crippen LogP contribution < -0.4 is 4.74 Å². The Hall–Kier alpha value is -2.01. The lowest BCUT2D eigenvalue weighted by molar-refractivity contribution is 0.305. The molecule has 0 aliphatic carbocycles. The van der Waals surface area contributed by atoms with Gasteiger partial charge in [0.2, 0.25) is 0 Å². The maximum absolute atomic E-state index is 5.48. The van der Waals surface area contributed by atoms with Crippen LogP contribution in [0.1, 0.15) is 5.56 Å². The molecule has 2 nitrogen and oxygen atoms in total. The average molecular weight is 183 g/mol. The Bertz CT molecular complexity index is 333. The molecular formula is C12H9NO. The normalized spacial score (nSPS) is 9.14. The molecule has 1 heterocycles. The van der Waals surface area contributed by atoms with Crippen LogP contribution in [0.2, 0.25) is 0 Å². The first-order valence-electron chi connectivity index (χ1n) is 4.35. The Kier molecular flexibility index (Phi) is 2.63. The summed E-state index contributed by atoms with van der Waals surface area (Å²) in [4.78, 5) is 3.95. The molecule has 0 amide bonds. The summed E-state index contributed by atoms with van der Waals surface area (Å²) in [7, 11) is 0. The molecule has 0 radical (unpaired) electrons. The Morgan fingerprint density at radius 3 is 3.00 bits per heavy atom. The first kappa shape index (κ1) is 8.58. The fourth-order valence-electron chi connectivity index (χ4n) is 1.07. The molecular weight excluding hydrogens is 174 g/mol. The monoisotopic (exact) mass is 183 g/mol. The Labute approximate surface area is 83.2 Å². The molecule has 14 heavy (non-hydrogen) atoms. The molecule has 0 N–H and O–H groups in total. The molecule has 2 heteroatoms. The number of pyridine rings is 1. The molecule has 68 valence electrons. The minimum atomic E-state index is 0.503. The number of ether oxygens (including phenoxy) is 1. The maximum Gasteiger partial charge on any atom is 0.138 e. The predicted molar refractivity (Wildman–Crippen MR) is 52.7 cm³/mol. The first-order chi connectivity index (χ1) is 6.95. The third kappa shape index (κ3) is 2.24. The van der Waals surface area contributed by atoms with Crippen LogP contribution in [0.25, 0.3) is 0 Å². The molecule has 1 aromatic heterocycles. The third-order valence-corrected chi connectivity index (χ3v) is 1.74. The van der Waals surface area contributed by atoms with Gasteiger partial charge in [0.25, 0.3) is 0 Å². The zero-order valence-electron chi connectivity index (χ0n) is 7.60. The van der Waals surface area contributed by atoms with Gasteiger partial charge in [-0.05, 0) is 24.3 Å². The highest BCUT2D eigenvalue weighted by Crippen LogP contribution is 2.08. The molecule has 1 aromatic carbocycles. The van der Waals surface area contributed by atoms with Gasteiger partial charge >= 0.3 is 0 Å². The lowest BCUT2D eigenvalue weighted by Crippen LogP contribution is -1.94. The highest BCUT2D eigenvalue weighted by molar-refractivity contribution is 5.16. The standard InChI is InChI=1S/C12H9NO/c1-2-5-11(6-3-1)10-14-12-7-4-8-13-9-12/h1-2,4-5,7-9H,10H2. The van der Waals surface area contributed by atoms with Crippen molar-refractivity contribution in [3.8, 4) is 5.75 Å². The molecule has 0 spiro atoms. The van der Waals surface area contributed by atoms with Crippen LogP contribution in [-0.2, 0) is 6.61 Å². The zero-order chi connectivity index (χ0) is 9.64. The Balaban J connectivity index is 1.96. The predicted octanol–water partition coefficient (Wildman–Crippen LogP) is 2.26. The number of hydrogen-bond donors (Lipinski definition) is 0. The molecule has 0 aliphatic rings. The van der Waals surface area contributed by atoms with Gasteiger partial charge in [0.15, 0.2) is 0 Å².